The van der Waals surface area contributed by atoms with Crippen LogP contribution in [0.3, 0.4) is 0 Å². The third kappa shape index (κ3) is 3.71. The summed E-state index contributed by atoms with van der Waals surface area (Å²) in [5, 5.41) is 10.7. The number of aliphatic carboxylic acids is 1. The van der Waals surface area contributed by atoms with Gasteiger partial charge in [0.05, 0.1) is 23.9 Å². The lowest BCUT2D eigenvalue weighted by Crippen LogP contribution is -2.22. The number of primary amides is 1. The Bertz CT molecular complexity index is 1270. The van der Waals surface area contributed by atoms with E-state index >= 15 is 0 Å². The molecule has 1 atom stereocenters. The Labute approximate surface area is 178 Å². The SMILES string of the molecule is COc1ccc2c(C(N)=O)c(C(C(=O)O)c3ccccc3)c(-c3ccccc3)nc2c1. The first-order valence-corrected chi connectivity index (χ1v) is 9.66. The van der Waals surface area contributed by atoms with Gasteiger partial charge in [0.15, 0.2) is 0 Å². The number of hydrogen-bond donors (Lipinski definition) is 2. The molecule has 0 saturated heterocycles. The number of fused-ring (bicyclic) bond motifs is 1. The number of ether oxygens (including phenoxy) is 1. The molecular weight excluding hydrogens is 392 g/mol. The van der Waals surface area contributed by atoms with Crippen molar-refractivity contribution in [3.63, 3.8) is 0 Å². The molecule has 6 heteroatoms. The van der Waals surface area contributed by atoms with Gasteiger partial charge in [-0.2, -0.15) is 0 Å². The average Bonchev–Trinajstić information content (AvgIpc) is 2.79. The zero-order valence-electron chi connectivity index (χ0n) is 16.8. The van der Waals surface area contributed by atoms with Gasteiger partial charge in [-0.15, -0.1) is 0 Å². The van der Waals surface area contributed by atoms with E-state index < -0.39 is 17.8 Å². The predicted octanol–water partition coefficient (Wildman–Crippen LogP) is 4.23. The minimum Gasteiger partial charge on any atom is -0.497 e. The van der Waals surface area contributed by atoms with Crippen LogP contribution in [-0.4, -0.2) is 29.1 Å². The molecule has 0 radical (unpaired) electrons. The molecule has 31 heavy (non-hydrogen) atoms. The highest BCUT2D eigenvalue weighted by molar-refractivity contribution is 6.10. The summed E-state index contributed by atoms with van der Waals surface area (Å²) in [5.41, 5.74) is 8.35. The van der Waals surface area contributed by atoms with E-state index in [1.54, 1.807) is 55.6 Å². The van der Waals surface area contributed by atoms with Gasteiger partial charge < -0.3 is 15.6 Å². The van der Waals surface area contributed by atoms with Crippen LogP contribution in [-0.2, 0) is 4.79 Å². The standard InChI is InChI=1S/C25H20N2O4/c1-31-17-12-13-18-19(14-17)27-23(16-10-6-3-7-11-16)22(21(18)24(26)28)20(25(29)30)15-8-4-2-5-9-15/h2-14,20H,1H3,(H2,26,28)(H,29,30). The van der Waals surface area contributed by atoms with Gasteiger partial charge in [-0.05, 0) is 17.7 Å². The molecule has 4 aromatic rings. The van der Waals surface area contributed by atoms with E-state index in [0.717, 1.165) is 0 Å². The second-order valence-electron chi connectivity index (χ2n) is 7.04. The third-order valence-electron chi connectivity index (χ3n) is 5.19. The van der Waals surface area contributed by atoms with Crippen LogP contribution in [0, 0.1) is 0 Å². The van der Waals surface area contributed by atoms with E-state index in [0.29, 0.717) is 33.5 Å². The van der Waals surface area contributed by atoms with E-state index in [1.165, 1.54) is 0 Å². The largest absolute Gasteiger partial charge is 0.497 e. The summed E-state index contributed by atoms with van der Waals surface area (Å²) in [6, 6.07) is 23.0. The number of carbonyl (C=O) groups excluding carboxylic acids is 1. The lowest BCUT2D eigenvalue weighted by atomic mass is 9.83. The van der Waals surface area contributed by atoms with E-state index in [4.69, 9.17) is 15.5 Å². The number of carboxylic acids is 1. The van der Waals surface area contributed by atoms with Crippen LogP contribution < -0.4 is 10.5 Å². The number of nitrogens with two attached hydrogens (primary N) is 1. The predicted molar refractivity (Wildman–Crippen MR) is 118 cm³/mol. The lowest BCUT2D eigenvalue weighted by molar-refractivity contribution is -0.137. The first-order valence-electron chi connectivity index (χ1n) is 9.66. The molecule has 0 bridgehead atoms. The summed E-state index contributed by atoms with van der Waals surface area (Å²) in [6.07, 6.45) is 0. The highest BCUT2D eigenvalue weighted by atomic mass is 16.5. The summed E-state index contributed by atoms with van der Waals surface area (Å²) in [5.74, 6) is -2.37. The molecule has 0 fully saturated rings. The second kappa shape index (κ2) is 8.28. The molecule has 0 aliphatic heterocycles. The monoisotopic (exact) mass is 412 g/mol. The summed E-state index contributed by atoms with van der Waals surface area (Å²) in [4.78, 5) is 30.0. The van der Waals surface area contributed by atoms with E-state index in [1.807, 2.05) is 30.3 Å². The van der Waals surface area contributed by atoms with E-state index in [-0.39, 0.29) is 11.1 Å². The Kier molecular flexibility index (Phi) is 5.37. The number of carboxylic acid groups (broad SMARTS) is 1. The molecule has 1 heterocycles. The fraction of sp³-hybridized carbons (Fsp3) is 0.0800. The van der Waals surface area contributed by atoms with Gasteiger partial charge in [0.1, 0.15) is 11.7 Å². The molecule has 4 rings (SSSR count). The van der Waals surface area contributed by atoms with Crippen LogP contribution in [0.15, 0.2) is 78.9 Å². The fourth-order valence-electron chi connectivity index (χ4n) is 3.83. The second-order valence-corrected chi connectivity index (χ2v) is 7.04. The van der Waals surface area contributed by atoms with Gasteiger partial charge in [0.25, 0.3) is 0 Å². The number of hydrogen-bond acceptors (Lipinski definition) is 4. The normalized spacial score (nSPS) is 11.8. The van der Waals surface area contributed by atoms with Crippen molar-refractivity contribution >= 4 is 22.8 Å². The van der Waals surface area contributed by atoms with E-state index in [9.17, 15) is 14.7 Å². The molecule has 154 valence electrons. The number of nitrogens with zero attached hydrogens (tertiary/aromatic N) is 1. The maximum Gasteiger partial charge on any atom is 0.315 e. The van der Waals surface area contributed by atoms with Crippen LogP contribution in [0.2, 0.25) is 0 Å². The number of pyridine rings is 1. The van der Waals surface area contributed by atoms with Crippen LogP contribution in [0.5, 0.6) is 5.75 Å². The van der Waals surface area contributed by atoms with Crippen molar-refractivity contribution in [1.82, 2.24) is 4.98 Å². The maximum atomic E-state index is 12.7. The minimum absolute atomic E-state index is 0.141. The van der Waals surface area contributed by atoms with Gasteiger partial charge >= 0.3 is 5.97 Å². The average molecular weight is 412 g/mol. The minimum atomic E-state index is -1.13. The first-order chi connectivity index (χ1) is 15.0. The van der Waals surface area contributed by atoms with Crippen molar-refractivity contribution in [2.24, 2.45) is 5.73 Å². The molecule has 6 nitrogen and oxygen atoms in total. The molecule has 3 N–H and O–H groups in total. The number of benzene rings is 3. The molecular formula is C25H20N2O4. The van der Waals surface area contributed by atoms with Gasteiger partial charge in [0.2, 0.25) is 5.91 Å². The molecule has 3 aromatic carbocycles. The Morgan fingerprint density at radius 2 is 1.61 bits per heavy atom. The number of amides is 1. The molecule has 0 aliphatic carbocycles. The summed E-state index contributed by atoms with van der Waals surface area (Å²) >= 11 is 0. The van der Waals surface area contributed by atoms with Crippen LogP contribution in [0.4, 0.5) is 0 Å². The van der Waals surface area contributed by atoms with Crippen molar-refractivity contribution in [2.75, 3.05) is 7.11 Å². The Morgan fingerprint density at radius 1 is 0.968 bits per heavy atom. The summed E-state index contributed by atoms with van der Waals surface area (Å²) in [6.45, 7) is 0. The highest BCUT2D eigenvalue weighted by Crippen LogP contribution is 2.39. The molecule has 1 amide bonds. The Balaban J connectivity index is 2.16. The van der Waals surface area contributed by atoms with Gasteiger partial charge in [-0.25, -0.2) is 4.98 Å². The lowest BCUT2D eigenvalue weighted by Gasteiger charge is -2.21. The van der Waals surface area contributed by atoms with Crippen molar-refractivity contribution in [3.05, 3.63) is 95.6 Å². The van der Waals surface area contributed by atoms with Gasteiger partial charge in [-0.3, -0.25) is 9.59 Å². The van der Waals surface area contributed by atoms with Crippen molar-refractivity contribution in [2.45, 2.75) is 5.92 Å². The maximum absolute atomic E-state index is 12.7. The molecule has 0 saturated carbocycles. The molecule has 0 spiro atoms. The van der Waals surface area contributed by atoms with Gasteiger partial charge in [0, 0.05) is 22.6 Å². The summed E-state index contributed by atoms with van der Waals surface area (Å²) < 4.78 is 5.30. The third-order valence-corrected chi connectivity index (χ3v) is 5.19. The Morgan fingerprint density at radius 3 is 2.19 bits per heavy atom. The van der Waals surface area contributed by atoms with Crippen molar-refractivity contribution in [3.8, 4) is 17.0 Å². The van der Waals surface area contributed by atoms with Crippen LogP contribution in [0.1, 0.15) is 27.4 Å². The number of aromatic nitrogens is 1. The number of rotatable bonds is 6. The van der Waals surface area contributed by atoms with Crippen molar-refractivity contribution in [1.29, 1.82) is 0 Å². The van der Waals surface area contributed by atoms with Gasteiger partial charge in [-0.1, -0.05) is 60.7 Å². The first kappa shape index (κ1) is 20.1. The topological polar surface area (TPSA) is 103 Å². The Hall–Kier alpha value is -4.19. The zero-order valence-corrected chi connectivity index (χ0v) is 16.8. The number of methoxy groups -OCH3 is 1. The highest BCUT2D eigenvalue weighted by Gasteiger charge is 2.32. The van der Waals surface area contributed by atoms with Crippen LogP contribution in [0.25, 0.3) is 22.2 Å². The molecule has 1 aromatic heterocycles. The molecule has 0 aliphatic rings. The quantitative estimate of drug-likeness (QED) is 0.493. The smallest absolute Gasteiger partial charge is 0.315 e. The summed E-state index contributed by atoms with van der Waals surface area (Å²) in [7, 11) is 1.54. The zero-order chi connectivity index (χ0) is 22.0. The molecule has 1 unspecified atom stereocenters. The van der Waals surface area contributed by atoms with Crippen molar-refractivity contribution < 1.29 is 19.4 Å². The van der Waals surface area contributed by atoms with E-state index in [2.05, 4.69) is 0 Å². The fourth-order valence-corrected chi connectivity index (χ4v) is 3.83. The number of carbonyl (C=O) groups is 2. The van der Waals surface area contributed by atoms with Crippen LogP contribution >= 0.6 is 0 Å².